The third-order valence-electron chi connectivity index (χ3n) is 1.02. The van der Waals surface area contributed by atoms with Gasteiger partial charge in [0.25, 0.3) is 0 Å². The highest BCUT2D eigenvalue weighted by atomic mass is 16.3. The van der Waals surface area contributed by atoms with E-state index in [0.717, 1.165) is 0 Å². The van der Waals surface area contributed by atoms with Crippen molar-refractivity contribution in [3.8, 4) is 0 Å². The molecule has 1 heterocycles. The van der Waals surface area contributed by atoms with Gasteiger partial charge in [-0.25, -0.2) is 5.84 Å². The molecule has 0 radical (unpaired) electrons. The lowest BCUT2D eigenvalue weighted by molar-refractivity contribution is 0.553. The fraction of sp³-hybridized carbons (Fsp3) is 0.286. The Morgan fingerprint density at radius 1 is 1.58 bits per heavy atom. The third-order valence-corrected chi connectivity index (χ3v) is 1.02. The maximum absolute atomic E-state index is 5.05. The summed E-state index contributed by atoms with van der Waals surface area (Å²) in [6, 6.07) is 3.42. The summed E-state index contributed by atoms with van der Waals surface area (Å²) in [5.41, 5.74) is 2.29. The van der Waals surface area contributed by atoms with Gasteiger partial charge >= 0.3 is 0 Å². The average Bonchev–Trinajstić information content (AvgIpc) is 2.64. The Morgan fingerprint density at radius 3 is 2.58 bits per heavy atom. The highest BCUT2D eigenvalue weighted by Crippen LogP contribution is 1.98. The predicted octanol–water partition coefficient (Wildman–Crippen LogP) is 0.389. The monoisotopic (exact) mass is 170 g/mol. The van der Waals surface area contributed by atoms with Crippen LogP contribution in [0.1, 0.15) is 19.6 Å². The minimum Gasteiger partial charge on any atom is -0.461 e. The number of furan rings is 1. The molecule has 5 nitrogen and oxygen atoms in total. The molecule has 0 aliphatic carbocycles. The van der Waals surface area contributed by atoms with Gasteiger partial charge in [-0.3, -0.25) is 0 Å². The Hall–Kier alpha value is -1.49. The van der Waals surface area contributed by atoms with Crippen LogP contribution in [0.5, 0.6) is 0 Å². The van der Waals surface area contributed by atoms with E-state index in [1.54, 1.807) is 12.1 Å². The van der Waals surface area contributed by atoms with Crippen LogP contribution >= 0.6 is 0 Å². The van der Waals surface area contributed by atoms with Crippen molar-refractivity contribution in [2.75, 3.05) is 0 Å². The molecule has 0 amide bonds. The fourth-order valence-corrected chi connectivity index (χ4v) is 0.585. The van der Waals surface area contributed by atoms with Crippen LogP contribution in [0.2, 0.25) is 0 Å². The summed E-state index contributed by atoms with van der Waals surface area (Å²) in [5.74, 6) is 10.9. The van der Waals surface area contributed by atoms with E-state index in [4.69, 9.17) is 16.1 Å². The summed E-state index contributed by atoms with van der Waals surface area (Å²) >= 11 is 0. The second kappa shape index (κ2) is 6.23. The maximum atomic E-state index is 5.05. The van der Waals surface area contributed by atoms with E-state index >= 15 is 0 Å². The maximum Gasteiger partial charge on any atom is 0.202 e. The number of hydrogen-bond acceptors (Lipinski definition) is 4. The van der Waals surface area contributed by atoms with Crippen molar-refractivity contribution in [3.05, 3.63) is 24.2 Å². The summed E-state index contributed by atoms with van der Waals surface area (Å²) in [4.78, 5) is 0. The van der Waals surface area contributed by atoms with E-state index in [-0.39, 0.29) is 0 Å². The minimum atomic E-state index is 0.324. The second-order valence-corrected chi connectivity index (χ2v) is 1.60. The van der Waals surface area contributed by atoms with Crippen molar-refractivity contribution in [2.24, 2.45) is 16.8 Å². The number of rotatable bonds is 1. The van der Waals surface area contributed by atoms with Gasteiger partial charge in [-0.2, -0.15) is 5.10 Å². The van der Waals surface area contributed by atoms with Gasteiger partial charge < -0.3 is 15.7 Å². The standard InChI is InChI=1S/C5H8N4O.C2H6/c6-8-5(9-7)4-2-1-3-10-4;1-2/h1-3H,6-7H2,(H,8,9);1-2H3. The number of nitrogens with two attached hydrogens (primary N) is 2. The number of hydrazine groups is 1. The van der Waals surface area contributed by atoms with E-state index < -0.39 is 0 Å². The molecule has 68 valence electrons. The number of nitrogens with zero attached hydrogens (tertiary/aromatic N) is 1. The molecule has 1 aromatic rings. The summed E-state index contributed by atoms with van der Waals surface area (Å²) in [6.45, 7) is 4.00. The topological polar surface area (TPSA) is 89.6 Å². The fourth-order valence-electron chi connectivity index (χ4n) is 0.585. The average molecular weight is 170 g/mol. The van der Waals surface area contributed by atoms with Crippen LogP contribution in [-0.2, 0) is 0 Å². The Balaban J connectivity index is 0.000000561. The Bertz CT molecular complexity index is 217. The molecule has 0 bridgehead atoms. The van der Waals surface area contributed by atoms with Crippen LogP contribution in [0, 0.1) is 0 Å². The molecule has 5 N–H and O–H groups in total. The lowest BCUT2D eigenvalue weighted by Gasteiger charge is -1.96. The first-order valence-corrected chi connectivity index (χ1v) is 3.67. The normalized spacial score (nSPS) is 10.1. The van der Waals surface area contributed by atoms with Gasteiger partial charge in [0.05, 0.1) is 6.26 Å². The number of amidine groups is 1. The van der Waals surface area contributed by atoms with Crippen LogP contribution in [0.4, 0.5) is 0 Å². The summed E-state index contributed by atoms with van der Waals surface area (Å²) in [5, 5.41) is 3.34. The zero-order chi connectivity index (χ0) is 9.40. The quantitative estimate of drug-likeness (QED) is 0.246. The van der Waals surface area contributed by atoms with Crippen molar-refractivity contribution in [1.82, 2.24) is 5.43 Å². The molecule has 5 heteroatoms. The van der Waals surface area contributed by atoms with Crippen molar-refractivity contribution in [2.45, 2.75) is 13.8 Å². The lowest BCUT2D eigenvalue weighted by Crippen LogP contribution is -2.31. The summed E-state index contributed by atoms with van der Waals surface area (Å²) < 4.78 is 4.92. The zero-order valence-electron chi connectivity index (χ0n) is 7.24. The highest BCUT2D eigenvalue weighted by Gasteiger charge is 2.01. The predicted molar refractivity (Wildman–Crippen MR) is 48.1 cm³/mol. The molecule has 1 aromatic heterocycles. The SMILES string of the molecule is CC.N/N=C(\NN)c1ccco1. The molecule has 12 heavy (non-hydrogen) atoms. The van der Waals surface area contributed by atoms with E-state index in [0.29, 0.717) is 11.6 Å². The van der Waals surface area contributed by atoms with Crippen molar-refractivity contribution < 1.29 is 4.42 Å². The van der Waals surface area contributed by atoms with Crippen LogP contribution in [0.25, 0.3) is 0 Å². The van der Waals surface area contributed by atoms with Crippen LogP contribution in [-0.4, -0.2) is 5.84 Å². The minimum absolute atomic E-state index is 0.324. The molecule has 0 spiro atoms. The molecule has 0 aromatic carbocycles. The Morgan fingerprint density at radius 2 is 2.25 bits per heavy atom. The van der Waals surface area contributed by atoms with Crippen molar-refractivity contribution in [3.63, 3.8) is 0 Å². The van der Waals surface area contributed by atoms with Crippen LogP contribution in [0.3, 0.4) is 0 Å². The van der Waals surface area contributed by atoms with E-state index in [2.05, 4.69) is 10.5 Å². The van der Waals surface area contributed by atoms with Crippen molar-refractivity contribution in [1.29, 1.82) is 0 Å². The van der Waals surface area contributed by atoms with Crippen molar-refractivity contribution >= 4 is 5.84 Å². The van der Waals surface area contributed by atoms with Gasteiger partial charge in [0, 0.05) is 0 Å². The first kappa shape index (κ1) is 10.5. The summed E-state index contributed by atoms with van der Waals surface area (Å²) in [7, 11) is 0. The smallest absolute Gasteiger partial charge is 0.202 e. The van der Waals surface area contributed by atoms with E-state index in [1.807, 2.05) is 13.8 Å². The molecule has 0 saturated carbocycles. The van der Waals surface area contributed by atoms with Gasteiger partial charge in [0.1, 0.15) is 0 Å². The van der Waals surface area contributed by atoms with E-state index in [1.165, 1.54) is 6.26 Å². The number of hydrogen-bond donors (Lipinski definition) is 3. The molecule has 0 unspecified atom stereocenters. The zero-order valence-corrected chi connectivity index (χ0v) is 7.24. The molecule has 1 rings (SSSR count). The third kappa shape index (κ3) is 2.63. The molecule has 0 fully saturated rings. The highest BCUT2D eigenvalue weighted by molar-refractivity contribution is 5.95. The number of nitrogens with one attached hydrogen (secondary N) is 1. The molecule has 0 aliphatic heterocycles. The molecule has 0 atom stereocenters. The molecule has 0 saturated heterocycles. The summed E-state index contributed by atoms with van der Waals surface area (Å²) in [6.07, 6.45) is 1.51. The van der Waals surface area contributed by atoms with Crippen LogP contribution in [0.15, 0.2) is 27.9 Å². The van der Waals surface area contributed by atoms with Crippen LogP contribution < -0.4 is 17.1 Å². The first-order valence-electron chi connectivity index (χ1n) is 3.67. The molecular weight excluding hydrogens is 156 g/mol. The Labute approximate surface area is 71.4 Å². The number of hydrazone groups is 1. The van der Waals surface area contributed by atoms with Gasteiger partial charge in [-0.1, -0.05) is 13.8 Å². The van der Waals surface area contributed by atoms with Gasteiger partial charge in [-0.05, 0) is 12.1 Å². The molecule has 0 aliphatic rings. The van der Waals surface area contributed by atoms with E-state index in [9.17, 15) is 0 Å². The van der Waals surface area contributed by atoms with Gasteiger partial charge in [0.15, 0.2) is 5.76 Å². The lowest BCUT2D eigenvalue weighted by atomic mass is 10.4. The van der Waals surface area contributed by atoms with Gasteiger partial charge in [-0.15, -0.1) is 0 Å². The Kier molecular flexibility index (Phi) is 5.46. The largest absolute Gasteiger partial charge is 0.461 e. The molecular formula is C7H14N4O. The first-order chi connectivity index (χ1) is 5.88. The second-order valence-electron chi connectivity index (χ2n) is 1.60. The van der Waals surface area contributed by atoms with Gasteiger partial charge in [0.2, 0.25) is 5.84 Å².